The predicted molar refractivity (Wildman–Crippen MR) is 223 cm³/mol. The van der Waals surface area contributed by atoms with E-state index in [1.54, 1.807) is 0 Å². The lowest BCUT2D eigenvalue weighted by Crippen LogP contribution is -2.61. The van der Waals surface area contributed by atoms with Gasteiger partial charge in [-0.25, -0.2) is 0 Å². The van der Waals surface area contributed by atoms with Crippen LogP contribution in [-0.4, -0.2) is 11.3 Å². The monoisotopic (exact) mass is 669 g/mol. The molecular weight excluding hydrogens is 629 g/mol. The number of rotatable bonds is 3. The first-order chi connectivity index (χ1) is 25.2. The third-order valence-electron chi connectivity index (χ3n) is 11.3. The van der Waals surface area contributed by atoms with E-state index in [1.807, 2.05) is 0 Å². The van der Waals surface area contributed by atoms with Crippen molar-refractivity contribution in [3.63, 3.8) is 0 Å². The van der Waals surface area contributed by atoms with Gasteiger partial charge in [-0.15, -0.1) is 0 Å². The molecule has 0 saturated heterocycles. The number of aromatic nitrogens is 1. The lowest BCUT2D eigenvalue weighted by atomic mass is 9.33. The first kappa shape index (κ1) is 30.8. The summed E-state index contributed by atoms with van der Waals surface area (Å²) in [7, 11) is 0. The van der Waals surface area contributed by atoms with Crippen molar-refractivity contribution in [2.45, 2.75) is 41.5 Å². The van der Waals surface area contributed by atoms with Crippen LogP contribution in [0.25, 0.3) is 27.5 Å². The van der Waals surface area contributed by atoms with Gasteiger partial charge in [-0.2, -0.15) is 0 Å². The number of fused-ring (bicyclic) bond motifs is 8. The fourth-order valence-corrected chi connectivity index (χ4v) is 8.83. The molecule has 0 fully saturated rings. The van der Waals surface area contributed by atoms with Crippen LogP contribution in [0.15, 0.2) is 133 Å². The molecule has 2 aliphatic heterocycles. The molecule has 52 heavy (non-hydrogen) atoms. The molecule has 7 aromatic carbocycles. The molecule has 0 N–H and O–H groups in total. The lowest BCUT2D eigenvalue weighted by molar-refractivity contribution is 1.17. The molecule has 0 unspecified atom stereocenters. The zero-order valence-corrected chi connectivity index (χ0v) is 30.6. The fraction of sp³-hybridized carbons (Fsp3) is 0.125. The molecule has 0 radical (unpaired) electrons. The Hall–Kier alpha value is -6.00. The molecule has 0 spiro atoms. The van der Waals surface area contributed by atoms with Crippen molar-refractivity contribution in [1.29, 1.82) is 0 Å². The van der Waals surface area contributed by atoms with Crippen LogP contribution < -0.4 is 26.2 Å². The van der Waals surface area contributed by atoms with Crippen molar-refractivity contribution < 1.29 is 0 Å². The Morgan fingerprint density at radius 2 is 0.846 bits per heavy atom. The largest absolute Gasteiger partial charge is 0.311 e. The highest BCUT2D eigenvalue weighted by atomic mass is 15.2. The summed E-state index contributed by atoms with van der Waals surface area (Å²) in [6, 6.07) is 50.7. The molecule has 0 amide bonds. The van der Waals surface area contributed by atoms with Crippen molar-refractivity contribution in [2.24, 2.45) is 0 Å². The Labute approximate surface area is 306 Å². The molecule has 8 aromatic rings. The summed E-state index contributed by atoms with van der Waals surface area (Å²) in [6.45, 7) is 13.2. The quantitative estimate of drug-likeness (QED) is 0.174. The number of anilines is 6. The normalized spacial score (nSPS) is 13.1. The molecule has 2 aliphatic rings. The second-order valence-corrected chi connectivity index (χ2v) is 15.1. The third-order valence-corrected chi connectivity index (χ3v) is 11.3. The first-order valence-corrected chi connectivity index (χ1v) is 18.4. The molecule has 0 bridgehead atoms. The minimum Gasteiger partial charge on any atom is -0.311 e. The van der Waals surface area contributed by atoms with Crippen molar-refractivity contribution in [3.8, 4) is 5.69 Å². The smallest absolute Gasteiger partial charge is 0.252 e. The molecule has 3 nitrogen and oxygen atoms in total. The zero-order chi connectivity index (χ0) is 35.4. The van der Waals surface area contributed by atoms with Gasteiger partial charge in [0.15, 0.2) is 0 Å². The van der Waals surface area contributed by atoms with E-state index in [2.05, 4.69) is 189 Å². The average Bonchev–Trinajstić information content (AvgIpc) is 3.45. The van der Waals surface area contributed by atoms with Gasteiger partial charge in [0.1, 0.15) is 0 Å². The van der Waals surface area contributed by atoms with Crippen molar-refractivity contribution in [3.05, 3.63) is 167 Å². The van der Waals surface area contributed by atoms with E-state index in [0.717, 1.165) is 0 Å². The number of hydrogen-bond acceptors (Lipinski definition) is 2. The van der Waals surface area contributed by atoms with Crippen molar-refractivity contribution >= 4 is 79.0 Å². The van der Waals surface area contributed by atoms with Gasteiger partial charge in [0, 0.05) is 44.9 Å². The summed E-state index contributed by atoms with van der Waals surface area (Å²) in [6.07, 6.45) is 0. The van der Waals surface area contributed by atoms with E-state index in [1.165, 1.54) is 111 Å². The maximum atomic E-state index is 2.57. The number of aryl methyl sites for hydroxylation is 6. The number of benzene rings is 7. The Morgan fingerprint density at radius 1 is 0.385 bits per heavy atom. The van der Waals surface area contributed by atoms with Crippen LogP contribution in [0.3, 0.4) is 0 Å². The molecule has 4 heteroatoms. The standard InChI is InChI=1S/C48H40BN3/c1-29-7-16-35(17-8-29)50-41-22-13-32(4)25-38(41)46-44(50)28-45-47-48(46)52(37-20-11-31(3)12-21-37)43-24-15-34(6)27-40(43)49(47)39-26-33(5)14-23-42(39)51(45)36-18-9-30(2)10-19-36/h7-28H,1-6H3. The molecular formula is C48H40BN3. The van der Waals surface area contributed by atoms with Gasteiger partial charge in [0.25, 0.3) is 6.71 Å². The Kier molecular flexibility index (Phi) is 6.66. The summed E-state index contributed by atoms with van der Waals surface area (Å²) < 4.78 is 2.49. The van der Waals surface area contributed by atoms with E-state index >= 15 is 0 Å². The zero-order valence-electron chi connectivity index (χ0n) is 30.6. The molecule has 250 valence electrons. The maximum Gasteiger partial charge on any atom is 0.252 e. The Balaban J connectivity index is 1.45. The van der Waals surface area contributed by atoms with E-state index in [9.17, 15) is 0 Å². The molecule has 0 aliphatic carbocycles. The van der Waals surface area contributed by atoms with Crippen molar-refractivity contribution in [2.75, 3.05) is 9.80 Å². The number of nitrogens with zero attached hydrogens (tertiary/aromatic N) is 3. The highest BCUT2D eigenvalue weighted by Gasteiger charge is 2.45. The van der Waals surface area contributed by atoms with E-state index in [0.29, 0.717) is 0 Å². The van der Waals surface area contributed by atoms with E-state index in [4.69, 9.17) is 0 Å². The van der Waals surface area contributed by atoms with Crippen LogP contribution in [0, 0.1) is 41.5 Å². The van der Waals surface area contributed by atoms with Crippen LogP contribution in [0.4, 0.5) is 34.1 Å². The SMILES string of the molecule is Cc1ccc(N2c3ccc(C)cc3B3c4cc(C)ccc4N(c4ccc(C)cc4)c4c3c2cc2c4c3cc(C)ccc3n2-c2ccc(C)cc2)cc1. The van der Waals surface area contributed by atoms with Crippen LogP contribution in [0.1, 0.15) is 33.4 Å². The van der Waals surface area contributed by atoms with Crippen LogP contribution in [-0.2, 0) is 0 Å². The van der Waals surface area contributed by atoms with Gasteiger partial charge in [0.2, 0.25) is 0 Å². The van der Waals surface area contributed by atoms with E-state index in [-0.39, 0.29) is 6.71 Å². The van der Waals surface area contributed by atoms with E-state index < -0.39 is 0 Å². The molecule has 0 saturated carbocycles. The van der Waals surface area contributed by atoms with Gasteiger partial charge in [-0.1, -0.05) is 100 Å². The van der Waals surface area contributed by atoms with Crippen LogP contribution >= 0.6 is 0 Å². The molecule has 1 aromatic heterocycles. The molecule has 0 atom stereocenters. The van der Waals surface area contributed by atoms with Gasteiger partial charge in [0.05, 0.1) is 16.7 Å². The minimum absolute atomic E-state index is 0.0604. The number of hydrogen-bond donors (Lipinski definition) is 0. The predicted octanol–water partition coefficient (Wildman–Crippen LogP) is 10.7. The second-order valence-electron chi connectivity index (χ2n) is 15.1. The van der Waals surface area contributed by atoms with Gasteiger partial charge in [-0.05, 0) is 125 Å². The summed E-state index contributed by atoms with van der Waals surface area (Å²) in [4.78, 5) is 5.10. The first-order valence-electron chi connectivity index (χ1n) is 18.4. The average molecular weight is 670 g/mol. The summed E-state index contributed by atoms with van der Waals surface area (Å²) in [5.41, 5.74) is 22.5. The molecule has 10 rings (SSSR count). The van der Waals surface area contributed by atoms with Gasteiger partial charge < -0.3 is 14.4 Å². The topological polar surface area (TPSA) is 11.4 Å². The van der Waals surface area contributed by atoms with Crippen LogP contribution in [0.2, 0.25) is 0 Å². The Morgan fingerprint density at radius 3 is 1.42 bits per heavy atom. The van der Waals surface area contributed by atoms with Gasteiger partial charge >= 0.3 is 0 Å². The van der Waals surface area contributed by atoms with Crippen molar-refractivity contribution in [1.82, 2.24) is 4.57 Å². The highest BCUT2D eigenvalue weighted by Crippen LogP contribution is 2.50. The Bertz CT molecular complexity index is 2720. The minimum atomic E-state index is 0.0604. The highest BCUT2D eigenvalue weighted by molar-refractivity contribution is 7.00. The second kappa shape index (κ2) is 11.3. The van der Waals surface area contributed by atoms with Gasteiger partial charge in [-0.3, -0.25) is 0 Å². The lowest BCUT2D eigenvalue weighted by Gasteiger charge is -2.44. The fourth-order valence-electron chi connectivity index (χ4n) is 8.83. The van der Waals surface area contributed by atoms with Crippen LogP contribution in [0.5, 0.6) is 0 Å². The maximum absolute atomic E-state index is 2.57. The summed E-state index contributed by atoms with van der Waals surface area (Å²) in [5.74, 6) is 0. The molecule has 3 heterocycles. The summed E-state index contributed by atoms with van der Waals surface area (Å²) >= 11 is 0. The third kappa shape index (κ3) is 4.47. The summed E-state index contributed by atoms with van der Waals surface area (Å²) in [5, 5.41) is 2.56.